The molecule has 4 heteroatoms. The van der Waals surface area contributed by atoms with Crippen molar-refractivity contribution >= 4 is 0 Å². The maximum Gasteiger partial charge on any atom is 0.127 e. The van der Waals surface area contributed by atoms with Crippen LogP contribution in [0.15, 0.2) is 30.6 Å². The SMILES string of the molecule is Cc1cc(C(N)c2ncc[nH]2)ccc1F. The van der Waals surface area contributed by atoms with E-state index in [0.29, 0.717) is 11.4 Å². The molecule has 0 radical (unpaired) electrons. The first kappa shape index (κ1) is 9.86. The average molecular weight is 205 g/mol. The molecule has 0 aliphatic rings. The Labute approximate surface area is 87.2 Å². The lowest BCUT2D eigenvalue weighted by Crippen LogP contribution is -2.13. The van der Waals surface area contributed by atoms with E-state index in [1.54, 1.807) is 31.5 Å². The molecule has 15 heavy (non-hydrogen) atoms. The highest BCUT2D eigenvalue weighted by Gasteiger charge is 2.11. The van der Waals surface area contributed by atoms with Gasteiger partial charge in [-0.15, -0.1) is 0 Å². The number of hydrogen-bond donors (Lipinski definition) is 2. The molecule has 3 nitrogen and oxygen atoms in total. The van der Waals surface area contributed by atoms with Gasteiger partial charge in [0.15, 0.2) is 0 Å². The molecule has 0 bridgehead atoms. The van der Waals surface area contributed by atoms with Crippen LogP contribution in [0.3, 0.4) is 0 Å². The number of halogens is 1. The summed E-state index contributed by atoms with van der Waals surface area (Å²) in [5.41, 5.74) is 7.41. The molecule has 1 aromatic heterocycles. The number of benzene rings is 1. The Hall–Kier alpha value is -1.68. The molecule has 1 heterocycles. The van der Waals surface area contributed by atoms with Crippen molar-refractivity contribution in [2.45, 2.75) is 13.0 Å². The van der Waals surface area contributed by atoms with E-state index in [2.05, 4.69) is 9.97 Å². The van der Waals surface area contributed by atoms with E-state index in [-0.39, 0.29) is 11.9 Å². The van der Waals surface area contributed by atoms with Crippen LogP contribution in [0.5, 0.6) is 0 Å². The minimum Gasteiger partial charge on any atom is -0.347 e. The number of imidazole rings is 1. The van der Waals surface area contributed by atoms with E-state index in [1.807, 2.05) is 0 Å². The standard InChI is InChI=1S/C11H12FN3/c1-7-6-8(2-3-9(7)12)10(13)11-14-4-5-15-11/h2-6,10H,13H2,1H3,(H,14,15). The Kier molecular flexibility index (Phi) is 2.51. The summed E-state index contributed by atoms with van der Waals surface area (Å²) in [4.78, 5) is 7.01. The summed E-state index contributed by atoms with van der Waals surface area (Å²) in [6.07, 6.45) is 3.36. The summed E-state index contributed by atoms with van der Waals surface area (Å²) in [5, 5.41) is 0. The van der Waals surface area contributed by atoms with Crippen molar-refractivity contribution in [1.82, 2.24) is 9.97 Å². The largest absolute Gasteiger partial charge is 0.347 e. The second-order valence-electron chi connectivity index (χ2n) is 3.46. The van der Waals surface area contributed by atoms with Crippen LogP contribution >= 0.6 is 0 Å². The lowest BCUT2D eigenvalue weighted by atomic mass is 10.0. The number of nitrogens with two attached hydrogens (primary N) is 1. The van der Waals surface area contributed by atoms with E-state index >= 15 is 0 Å². The smallest absolute Gasteiger partial charge is 0.127 e. The molecule has 0 saturated heterocycles. The Morgan fingerprint density at radius 3 is 2.87 bits per heavy atom. The molecule has 2 rings (SSSR count). The van der Waals surface area contributed by atoms with Crippen LogP contribution in [0.25, 0.3) is 0 Å². The first-order chi connectivity index (χ1) is 7.18. The van der Waals surface area contributed by atoms with Crippen molar-refractivity contribution in [3.05, 3.63) is 53.4 Å². The van der Waals surface area contributed by atoms with Gasteiger partial charge in [0.1, 0.15) is 11.6 Å². The molecule has 1 aromatic carbocycles. The molecular weight excluding hydrogens is 193 g/mol. The van der Waals surface area contributed by atoms with Gasteiger partial charge in [0.2, 0.25) is 0 Å². The van der Waals surface area contributed by atoms with Crippen molar-refractivity contribution in [2.24, 2.45) is 5.73 Å². The van der Waals surface area contributed by atoms with Gasteiger partial charge in [-0.05, 0) is 24.1 Å². The molecule has 0 spiro atoms. The molecule has 3 N–H and O–H groups in total. The van der Waals surface area contributed by atoms with Gasteiger partial charge in [-0.2, -0.15) is 0 Å². The molecule has 0 fully saturated rings. The van der Waals surface area contributed by atoms with Gasteiger partial charge in [-0.25, -0.2) is 9.37 Å². The maximum atomic E-state index is 13.0. The fourth-order valence-corrected chi connectivity index (χ4v) is 1.47. The minimum atomic E-state index is -0.334. The van der Waals surface area contributed by atoms with Crippen LogP contribution in [-0.2, 0) is 0 Å². The molecular formula is C11H12FN3. The highest BCUT2D eigenvalue weighted by atomic mass is 19.1. The maximum absolute atomic E-state index is 13.0. The quantitative estimate of drug-likeness (QED) is 0.786. The second kappa shape index (κ2) is 3.82. The van der Waals surface area contributed by atoms with Crippen molar-refractivity contribution in [3.8, 4) is 0 Å². The Morgan fingerprint density at radius 1 is 1.47 bits per heavy atom. The molecule has 1 atom stereocenters. The van der Waals surface area contributed by atoms with Gasteiger partial charge in [-0.1, -0.05) is 12.1 Å². The Bertz CT molecular complexity index is 451. The van der Waals surface area contributed by atoms with Crippen molar-refractivity contribution < 1.29 is 4.39 Å². The van der Waals surface area contributed by atoms with E-state index in [9.17, 15) is 4.39 Å². The van der Waals surface area contributed by atoms with E-state index in [4.69, 9.17) is 5.73 Å². The molecule has 2 aromatic rings. The Morgan fingerprint density at radius 2 is 2.27 bits per heavy atom. The summed E-state index contributed by atoms with van der Waals surface area (Å²) in [6.45, 7) is 1.72. The van der Waals surface area contributed by atoms with E-state index in [0.717, 1.165) is 5.56 Å². The van der Waals surface area contributed by atoms with Crippen LogP contribution in [0.4, 0.5) is 4.39 Å². The van der Waals surface area contributed by atoms with E-state index in [1.165, 1.54) is 6.07 Å². The third-order valence-electron chi connectivity index (χ3n) is 2.36. The van der Waals surface area contributed by atoms with Crippen molar-refractivity contribution in [3.63, 3.8) is 0 Å². The van der Waals surface area contributed by atoms with Gasteiger partial charge in [0, 0.05) is 12.4 Å². The predicted octanol–water partition coefficient (Wildman–Crippen LogP) is 1.91. The van der Waals surface area contributed by atoms with Gasteiger partial charge in [0.05, 0.1) is 6.04 Å². The van der Waals surface area contributed by atoms with Crippen LogP contribution < -0.4 is 5.73 Å². The molecule has 0 amide bonds. The monoisotopic (exact) mass is 205 g/mol. The highest BCUT2D eigenvalue weighted by molar-refractivity contribution is 5.29. The third-order valence-corrected chi connectivity index (χ3v) is 2.36. The summed E-state index contributed by atoms with van der Waals surface area (Å²) in [7, 11) is 0. The lowest BCUT2D eigenvalue weighted by molar-refractivity contribution is 0.616. The third kappa shape index (κ3) is 1.89. The fraction of sp³-hybridized carbons (Fsp3) is 0.182. The molecule has 0 aliphatic heterocycles. The Balaban J connectivity index is 2.34. The van der Waals surface area contributed by atoms with Gasteiger partial charge in [-0.3, -0.25) is 0 Å². The van der Waals surface area contributed by atoms with Crippen LogP contribution in [0.2, 0.25) is 0 Å². The zero-order valence-electron chi connectivity index (χ0n) is 8.37. The lowest BCUT2D eigenvalue weighted by Gasteiger charge is -2.10. The highest BCUT2D eigenvalue weighted by Crippen LogP contribution is 2.18. The number of rotatable bonds is 2. The second-order valence-corrected chi connectivity index (χ2v) is 3.46. The zero-order valence-corrected chi connectivity index (χ0v) is 8.37. The van der Waals surface area contributed by atoms with Gasteiger partial charge >= 0.3 is 0 Å². The number of aromatic amines is 1. The minimum absolute atomic E-state index is 0.217. The van der Waals surface area contributed by atoms with Crippen LogP contribution in [0, 0.1) is 12.7 Å². The number of nitrogens with zero attached hydrogens (tertiary/aromatic N) is 1. The molecule has 0 aliphatic carbocycles. The van der Waals surface area contributed by atoms with Crippen LogP contribution in [-0.4, -0.2) is 9.97 Å². The van der Waals surface area contributed by atoms with Crippen LogP contribution in [0.1, 0.15) is 23.0 Å². The molecule has 0 saturated carbocycles. The fourth-order valence-electron chi connectivity index (χ4n) is 1.47. The number of H-pyrrole nitrogens is 1. The number of nitrogens with one attached hydrogen (secondary N) is 1. The van der Waals surface area contributed by atoms with Gasteiger partial charge in [0.25, 0.3) is 0 Å². The zero-order chi connectivity index (χ0) is 10.8. The topological polar surface area (TPSA) is 54.7 Å². The summed E-state index contributed by atoms with van der Waals surface area (Å²) in [6, 6.07) is 4.50. The van der Waals surface area contributed by atoms with Crippen molar-refractivity contribution in [2.75, 3.05) is 0 Å². The summed E-state index contributed by atoms with van der Waals surface area (Å²) < 4.78 is 13.0. The first-order valence-corrected chi connectivity index (χ1v) is 4.69. The van der Waals surface area contributed by atoms with Gasteiger partial charge < -0.3 is 10.7 Å². The normalized spacial score (nSPS) is 12.7. The van der Waals surface area contributed by atoms with E-state index < -0.39 is 0 Å². The number of aromatic nitrogens is 2. The number of aryl methyl sites for hydroxylation is 1. The summed E-state index contributed by atoms with van der Waals surface area (Å²) in [5.74, 6) is 0.464. The molecule has 78 valence electrons. The number of hydrogen-bond acceptors (Lipinski definition) is 2. The van der Waals surface area contributed by atoms with Crippen molar-refractivity contribution in [1.29, 1.82) is 0 Å². The molecule has 1 unspecified atom stereocenters. The average Bonchev–Trinajstić information content (AvgIpc) is 2.74. The summed E-state index contributed by atoms with van der Waals surface area (Å²) >= 11 is 0. The first-order valence-electron chi connectivity index (χ1n) is 4.69. The predicted molar refractivity (Wildman–Crippen MR) is 55.8 cm³/mol.